The second kappa shape index (κ2) is 5.09. The van der Waals surface area contributed by atoms with E-state index in [0.29, 0.717) is 17.0 Å². The van der Waals surface area contributed by atoms with Crippen molar-refractivity contribution >= 4 is 11.6 Å². The third-order valence-electron chi connectivity index (χ3n) is 2.94. The molecule has 18 heavy (non-hydrogen) atoms. The van der Waals surface area contributed by atoms with Crippen molar-refractivity contribution in [3.05, 3.63) is 70.5 Å². The summed E-state index contributed by atoms with van der Waals surface area (Å²) in [5.74, 6) is -0.355. The third-order valence-corrected chi connectivity index (χ3v) is 3.31. The van der Waals surface area contributed by atoms with Gasteiger partial charge in [0.25, 0.3) is 0 Å². The van der Waals surface area contributed by atoms with Gasteiger partial charge < -0.3 is 5.11 Å². The van der Waals surface area contributed by atoms with Gasteiger partial charge in [0.05, 0.1) is 5.60 Å². The highest BCUT2D eigenvalue weighted by molar-refractivity contribution is 6.31. The molecule has 0 aliphatic rings. The summed E-state index contributed by atoms with van der Waals surface area (Å²) in [6.45, 7) is 1.66. The zero-order valence-corrected chi connectivity index (χ0v) is 10.8. The van der Waals surface area contributed by atoms with E-state index in [9.17, 15) is 9.50 Å². The summed E-state index contributed by atoms with van der Waals surface area (Å²) in [5, 5.41) is 11.1. The molecule has 0 saturated carbocycles. The number of benzene rings is 2. The van der Waals surface area contributed by atoms with Crippen LogP contribution in [0.15, 0.2) is 48.5 Å². The molecule has 0 amide bonds. The molecule has 0 spiro atoms. The number of rotatable bonds is 3. The van der Waals surface area contributed by atoms with Crippen molar-refractivity contribution in [1.82, 2.24) is 0 Å². The van der Waals surface area contributed by atoms with Crippen LogP contribution in [0.1, 0.15) is 18.1 Å². The summed E-state index contributed by atoms with van der Waals surface area (Å²) in [5.41, 5.74) is 0.239. The van der Waals surface area contributed by atoms with Gasteiger partial charge in [0.15, 0.2) is 0 Å². The van der Waals surface area contributed by atoms with Gasteiger partial charge in [0, 0.05) is 11.4 Å². The maximum Gasteiger partial charge on any atom is 0.123 e. The van der Waals surface area contributed by atoms with Crippen LogP contribution in [-0.2, 0) is 12.0 Å². The molecule has 0 aromatic heterocycles. The van der Waals surface area contributed by atoms with Gasteiger partial charge >= 0.3 is 0 Å². The molecule has 94 valence electrons. The number of halogens is 2. The minimum Gasteiger partial charge on any atom is -0.385 e. The van der Waals surface area contributed by atoms with Crippen LogP contribution in [-0.4, -0.2) is 5.11 Å². The summed E-state index contributed by atoms with van der Waals surface area (Å²) in [6.07, 6.45) is 0.343. The number of hydrogen-bond acceptors (Lipinski definition) is 1. The van der Waals surface area contributed by atoms with Gasteiger partial charge in [0.1, 0.15) is 5.82 Å². The lowest BCUT2D eigenvalue weighted by molar-refractivity contribution is 0.0573. The maximum absolute atomic E-state index is 13.2. The average Bonchev–Trinajstić information content (AvgIpc) is 2.32. The van der Waals surface area contributed by atoms with Crippen LogP contribution in [0.2, 0.25) is 5.02 Å². The van der Waals surface area contributed by atoms with E-state index in [1.807, 2.05) is 18.2 Å². The van der Waals surface area contributed by atoms with Crippen molar-refractivity contribution < 1.29 is 9.50 Å². The minimum atomic E-state index is -1.15. The zero-order valence-electron chi connectivity index (χ0n) is 10.0. The minimum absolute atomic E-state index is 0.343. The largest absolute Gasteiger partial charge is 0.385 e. The lowest BCUT2D eigenvalue weighted by atomic mass is 9.89. The Balaban J connectivity index is 2.30. The lowest BCUT2D eigenvalue weighted by Gasteiger charge is -2.24. The molecule has 1 atom stereocenters. The molecular formula is C15H14ClFO. The average molecular weight is 265 g/mol. The molecule has 0 fully saturated rings. The highest BCUT2D eigenvalue weighted by Gasteiger charge is 2.24. The smallest absolute Gasteiger partial charge is 0.123 e. The highest BCUT2D eigenvalue weighted by Crippen LogP contribution is 2.28. The van der Waals surface area contributed by atoms with Crippen LogP contribution in [0.4, 0.5) is 4.39 Å². The van der Waals surface area contributed by atoms with Crippen LogP contribution in [0, 0.1) is 5.82 Å². The van der Waals surface area contributed by atoms with E-state index in [1.165, 1.54) is 12.1 Å². The Bertz CT molecular complexity index is 552. The van der Waals surface area contributed by atoms with Crippen molar-refractivity contribution in [3.63, 3.8) is 0 Å². The van der Waals surface area contributed by atoms with Crippen molar-refractivity contribution in [2.75, 3.05) is 0 Å². The molecule has 2 aromatic carbocycles. The first-order valence-corrected chi connectivity index (χ1v) is 6.09. The predicted octanol–water partition coefficient (Wildman–Crippen LogP) is 3.93. The van der Waals surface area contributed by atoms with E-state index >= 15 is 0 Å². The van der Waals surface area contributed by atoms with Crippen LogP contribution in [0.25, 0.3) is 0 Å². The molecule has 0 heterocycles. The van der Waals surface area contributed by atoms with Crippen molar-refractivity contribution in [3.8, 4) is 0 Å². The number of hydrogen-bond donors (Lipinski definition) is 1. The normalized spacial score (nSPS) is 14.2. The maximum atomic E-state index is 13.2. The Morgan fingerprint density at radius 2 is 1.89 bits per heavy atom. The lowest BCUT2D eigenvalue weighted by Crippen LogP contribution is -2.24. The molecule has 2 aromatic rings. The first-order valence-electron chi connectivity index (χ1n) is 5.71. The van der Waals surface area contributed by atoms with Crippen LogP contribution in [0.3, 0.4) is 0 Å². The van der Waals surface area contributed by atoms with Crippen molar-refractivity contribution in [2.24, 2.45) is 0 Å². The fraction of sp³-hybridized carbons (Fsp3) is 0.200. The molecule has 0 radical (unpaired) electrons. The predicted molar refractivity (Wildman–Crippen MR) is 71.1 cm³/mol. The Kier molecular flexibility index (Phi) is 3.69. The van der Waals surface area contributed by atoms with Gasteiger partial charge in [-0.1, -0.05) is 41.9 Å². The molecule has 2 rings (SSSR count). The first kappa shape index (κ1) is 13.1. The van der Waals surface area contributed by atoms with Crippen molar-refractivity contribution in [1.29, 1.82) is 0 Å². The fourth-order valence-corrected chi connectivity index (χ4v) is 2.14. The summed E-state index contributed by atoms with van der Waals surface area (Å²) in [7, 11) is 0. The van der Waals surface area contributed by atoms with Gasteiger partial charge in [-0.15, -0.1) is 0 Å². The summed E-state index contributed by atoms with van der Waals surface area (Å²) < 4.78 is 13.2. The standard InChI is InChI=1S/C15H14ClFO/c1-15(18,12-6-4-7-13(17)9-12)10-11-5-2-3-8-14(11)16/h2-9,18H,10H2,1H3. The third kappa shape index (κ3) is 2.89. The topological polar surface area (TPSA) is 20.2 Å². The monoisotopic (exact) mass is 264 g/mol. The van der Waals surface area contributed by atoms with Crippen LogP contribution < -0.4 is 0 Å². The van der Waals surface area contributed by atoms with Crippen LogP contribution in [0.5, 0.6) is 0 Å². The van der Waals surface area contributed by atoms with E-state index < -0.39 is 5.60 Å². The molecule has 0 saturated heterocycles. The molecule has 1 nitrogen and oxygen atoms in total. The molecule has 1 unspecified atom stereocenters. The Morgan fingerprint density at radius 3 is 2.56 bits per heavy atom. The van der Waals surface area contributed by atoms with Gasteiger partial charge in [0.2, 0.25) is 0 Å². The summed E-state index contributed by atoms with van der Waals surface area (Å²) in [4.78, 5) is 0. The SMILES string of the molecule is CC(O)(Cc1ccccc1Cl)c1cccc(F)c1. The van der Waals surface area contributed by atoms with E-state index in [4.69, 9.17) is 11.6 Å². The van der Waals surface area contributed by atoms with Gasteiger partial charge in [-0.25, -0.2) is 4.39 Å². The molecule has 3 heteroatoms. The van der Waals surface area contributed by atoms with E-state index in [2.05, 4.69) is 0 Å². The Labute approximate surface area is 111 Å². The first-order chi connectivity index (χ1) is 8.49. The van der Waals surface area contributed by atoms with Crippen molar-refractivity contribution in [2.45, 2.75) is 18.9 Å². The van der Waals surface area contributed by atoms with E-state index in [-0.39, 0.29) is 5.82 Å². The van der Waals surface area contributed by atoms with Gasteiger partial charge in [-0.3, -0.25) is 0 Å². The second-order valence-electron chi connectivity index (χ2n) is 4.55. The Morgan fingerprint density at radius 1 is 1.17 bits per heavy atom. The molecular weight excluding hydrogens is 251 g/mol. The second-order valence-corrected chi connectivity index (χ2v) is 4.96. The van der Waals surface area contributed by atoms with E-state index in [1.54, 1.807) is 25.1 Å². The summed E-state index contributed by atoms with van der Waals surface area (Å²) >= 11 is 6.06. The summed E-state index contributed by atoms with van der Waals surface area (Å²) in [6, 6.07) is 13.3. The van der Waals surface area contributed by atoms with Gasteiger partial charge in [-0.05, 0) is 36.2 Å². The van der Waals surface area contributed by atoms with E-state index in [0.717, 1.165) is 5.56 Å². The molecule has 1 N–H and O–H groups in total. The van der Waals surface area contributed by atoms with Crippen LogP contribution >= 0.6 is 11.6 Å². The molecule has 0 aliphatic heterocycles. The highest BCUT2D eigenvalue weighted by atomic mass is 35.5. The molecule has 0 bridgehead atoms. The zero-order chi connectivity index (χ0) is 13.2. The molecule has 0 aliphatic carbocycles. The quantitative estimate of drug-likeness (QED) is 0.891. The van der Waals surface area contributed by atoms with Gasteiger partial charge in [-0.2, -0.15) is 0 Å². The fourth-order valence-electron chi connectivity index (χ4n) is 1.94. The Hall–Kier alpha value is -1.38. The number of aliphatic hydroxyl groups is 1.